The van der Waals surface area contributed by atoms with Crippen LogP contribution in [-0.4, -0.2) is 24.4 Å². The first-order valence-electron chi connectivity index (χ1n) is 5.70. The van der Waals surface area contributed by atoms with Gasteiger partial charge in [0.1, 0.15) is 0 Å². The average molecular weight is 248 g/mol. The Morgan fingerprint density at radius 1 is 1.47 bits per heavy atom. The zero-order chi connectivity index (χ0) is 12.4. The molecule has 4 heteroatoms. The van der Waals surface area contributed by atoms with Gasteiger partial charge in [0.25, 0.3) is 0 Å². The number of ketones is 1. The van der Waals surface area contributed by atoms with Gasteiger partial charge in [-0.15, -0.1) is 11.3 Å². The van der Waals surface area contributed by atoms with E-state index in [0.717, 1.165) is 20.8 Å². The van der Waals surface area contributed by atoms with Gasteiger partial charge in [0.05, 0.1) is 21.8 Å². The van der Waals surface area contributed by atoms with Gasteiger partial charge in [0.15, 0.2) is 5.78 Å². The maximum Gasteiger partial charge on any atom is 0.176 e. The number of Topliss-reactive ketones (excluding diaryl/α,β-unsaturated/α-hetero) is 1. The molecule has 17 heavy (non-hydrogen) atoms. The molecule has 90 valence electrons. The minimum absolute atomic E-state index is 0.105. The van der Waals surface area contributed by atoms with Crippen LogP contribution in [0.2, 0.25) is 0 Å². The number of nitrogens with zero attached hydrogens (tertiary/aromatic N) is 1. The van der Waals surface area contributed by atoms with E-state index in [1.807, 2.05) is 18.2 Å². The second kappa shape index (κ2) is 4.94. The number of nitrogens with one attached hydrogen (secondary N) is 1. The van der Waals surface area contributed by atoms with Gasteiger partial charge < -0.3 is 5.32 Å². The molecule has 0 fully saturated rings. The summed E-state index contributed by atoms with van der Waals surface area (Å²) in [5.74, 6) is 0.539. The first kappa shape index (κ1) is 12.2. The Hall–Kier alpha value is -1.26. The Kier molecular flexibility index (Phi) is 3.54. The van der Waals surface area contributed by atoms with E-state index < -0.39 is 0 Å². The van der Waals surface area contributed by atoms with Gasteiger partial charge in [-0.2, -0.15) is 0 Å². The summed E-state index contributed by atoms with van der Waals surface area (Å²) in [5, 5.41) is 3.99. The molecule has 1 N–H and O–H groups in total. The van der Waals surface area contributed by atoms with Crippen molar-refractivity contribution < 1.29 is 4.79 Å². The maximum atomic E-state index is 11.7. The van der Waals surface area contributed by atoms with Crippen molar-refractivity contribution in [2.24, 2.45) is 0 Å². The van der Waals surface area contributed by atoms with Crippen LogP contribution in [0.5, 0.6) is 0 Å². The monoisotopic (exact) mass is 248 g/mol. The summed E-state index contributed by atoms with van der Waals surface area (Å²) in [7, 11) is 1.77. The molecular weight excluding hydrogens is 232 g/mol. The summed E-state index contributed by atoms with van der Waals surface area (Å²) in [6.45, 7) is 4.63. The van der Waals surface area contributed by atoms with E-state index in [0.29, 0.717) is 12.5 Å². The van der Waals surface area contributed by atoms with Crippen LogP contribution in [0.25, 0.3) is 10.2 Å². The Bertz CT molecular complexity index is 545. The van der Waals surface area contributed by atoms with Gasteiger partial charge >= 0.3 is 0 Å². The Balaban J connectivity index is 2.40. The fourth-order valence-electron chi connectivity index (χ4n) is 1.63. The summed E-state index contributed by atoms with van der Waals surface area (Å²) in [4.78, 5) is 16.3. The number of fused-ring (bicyclic) bond motifs is 1. The molecule has 1 aromatic carbocycles. The van der Waals surface area contributed by atoms with Crippen LogP contribution in [-0.2, 0) is 0 Å². The largest absolute Gasteiger partial charge is 0.313 e. The Labute approximate surface area is 105 Å². The van der Waals surface area contributed by atoms with Crippen molar-refractivity contribution in [3.63, 3.8) is 0 Å². The molecule has 2 aromatic rings. The van der Waals surface area contributed by atoms with E-state index in [-0.39, 0.29) is 5.78 Å². The maximum absolute atomic E-state index is 11.7. The predicted molar refractivity (Wildman–Crippen MR) is 72.0 cm³/mol. The average Bonchev–Trinajstić information content (AvgIpc) is 2.71. The molecule has 0 spiro atoms. The zero-order valence-electron chi connectivity index (χ0n) is 10.3. The lowest BCUT2D eigenvalue weighted by molar-refractivity contribution is 0.0993. The minimum Gasteiger partial charge on any atom is -0.313 e. The quantitative estimate of drug-likeness (QED) is 0.846. The van der Waals surface area contributed by atoms with Gasteiger partial charge in [-0.3, -0.25) is 4.79 Å². The van der Waals surface area contributed by atoms with Crippen molar-refractivity contribution >= 4 is 27.3 Å². The second-order valence-corrected chi connectivity index (χ2v) is 5.41. The number of aromatic nitrogens is 1. The highest BCUT2D eigenvalue weighted by Gasteiger charge is 2.10. The summed E-state index contributed by atoms with van der Waals surface area (Å²) in [6.07, 6.45) is 0. The topological polar surface area (TPSA) is 42.0 Å². The first-order valence-corrected chi connectivity index (χ1v) is 6.51. The van der Waals surface area contributed by atoms with Crippen molar-refractivity contribution in [1.82, 2.24) is 10.3 Å². The highest BCUT2D eigenvalue weighted by atomic mass is 32.1. The van der Waals surface area contributed by atoms with Crippen LogP contribution in [0.4, 0.5) is 0 Å². The number of hydrogen-bond donors (Lipinski definition) is 1. The summed E-state index contributed by atoms with van der Waals surface area (Å²) in [5.41, 5.74) is 1.66. The molecule has 0 aliphatic rings. The molecule has 1 heterocycles. The number of rotatable bonds is 4. The van der Waals surface area contributed by atoms with Gasteiger partial charge in [-0.1, -0.05) is 13.8 Å². The van der Waals surface area contributed by atoms with E-state index in [9.17, 15) is 4.79 Å². The van der Waals surface area contributed by atoms with Crippen LogP contribution in [0, 0.1) is 0 Å². The molecule has 0 atom stereocenters. The third-order valence-electron chi connectivity index (χ3n) is 2.56. The summed E-state index contributed by atoms with van der Waals surface area (Å²) < 4.78 is 1.15. The fourth-order valence-corrected chi connectivity index (χ4v) is 2.58. The number of carbonyl (C=O) groups is 1. The summed E-state index contributed by atoms with van der Waals surface area (Å²) in [6, 6.07) is 5.75. The smallest absolute Gasteiger partial charge is 0.176 e. The van der Waals surface area contributed by atoms with Gasteiger partial charge in [-0.05, 0) is 25.2 Å². The highest BCUT2D eigenvalue weighted by Crippen LogP contribution is 2.27. The molecule has 0 aliphatic heterocycles. The van der Waals surface area contributed by atoms with Crippen LogP contribution in [0.3, 0.4) is 0 Å². The zero-order valence-corrected chi connectivity index (χ0v) is 11.1. The number of likely N-dealkylation sites (N-methyl/N-ethyl adjacent to an activating group) is 1. The van der Waals surface area contributed by atoms with Crippen molar-refractivity contribution in [3.05, 3.63) is 28.8 Å². The van der Waals surface area contributed by atoms with E-state index in [2.05, 4.69) is 24.1 Å². The van der Waals surface area contributed by atoms with Crippen molar-refractivity contribution in [1.29, 1.82) is 0 Å². The third-order valence-corrected chi connectivity index (χ3v) is 3.89. The molecular formula is C13H16N2OS. The van der Waals surface area contributed by atoms with Crippen molar-refractivity contribution in [3.8, 4) is 0 Å². The highest BCUT2D eigenvalue weighted by molar-refractivity contribution is 7.18. The van der Waals surface area contributed by atoms with Crippen LogP contribution in [0.15, 0.2) is 18.2 Å². The lowest BCUT2D eigenvalue weighted by Crippen LogP contribution is -2.18. The van der Waals surface area contributed by atoms with Crippen LogP contribution < -0.4 is 5.32 Å². The molecule has 3 nitrogen and oxygen atoms in total. The number of thiazole rings is 1. The minimum atomic E-state index is 0.105. The van der Waals surface area contributed by atoms with E-state index in [1.165, 1.54) is 0 Å². The molecule has 0 bridgehead atoms. The predicted octanol–water partition coefficient (Wildman–Crippen LogP) is 2.82. The lowest BCUT2D eigenvalue weighted by Gasteiger charge is -1.99. The standard InChI is InChI=1S/C13H16N2OS/c1-8(2)13-15-10-6-9(11(16)7-14-3)4-5-12(10)17-13/h4-6,8,14H,7H2,1-3H3. The van der Waals surface area contributed by atoms with Crippen molar-refractivity contribution in [2.75, 3.05) is 13.6 Å². The molecule has 1 aromatic heterocycles. The summed E-state index contributed by atoms with van der Waals surface area (Å²) >= 11 is 1.70. The second-order valence-electron chi connectivity index (χ2n) is 4.34. The lowest BCUT2D eigenvalue weighted by atomic mass is 10.1. The van der Waals surface area contributed by atoms with E-state index in [1.54, 1.807) is 18.4 Å². The molecule has 0 unspecified atom stereocenters. The molecule has 0 saturated heterocycles. The van der Waals surface area contributed by atoms with E-state index >= 15 is 0 Å². The number of carbonyl (C=O) groups excluding carboxylic acids is 1. The number of benzene rings is 1. The molecule has 2 rings (SSSR count). The molecule has 0 aliphatic carbocycles. The fraction of sp³-hybridized carbons (Fsp3) is 0.385. The normalized spacial score (nSPS) is 11.3. The third kappa shape index (κ3) is 2.53. The molecule has 0 amide bonds. The van der Waals surface area contributed by atoms with Gasteiger partial charge in [0.2, 0.25) is 0 Å². The SMILES string of the molecule is CNCC(=O)c1ccc2sc(C(C)C)nc2c1. The molecule has 0 saturated carbocycles. The van der Waals surface area contributed by atoms with Crippen molar-refractivity contribution in [2.45, 2.75) is 19.8 Å². The Morgan fingerprint density at radius 2 is 2.24 bits per heavy atom. The van der Waals surface area contributed by atoms with Crippen LogP contribution in [0.1, 0.15) is 35.1 Å². The van der Waals surface area contributed by atoms with Gasteiger partial charge in [-0.25, -0.2) is 4.98 Å². The Morgan fingerprint density at radius 3 is 2.88 bits per heavy atom. The molecule has 0 radical (unpaired) electrons. The first-order chi connectivity index (χ1) is 8.11. The number of hydrogen-bond acceptors (Lipinski definition) is 4. The van der Waals surface area contributed by atoms with Crippen LogP contribution >= 0.6 is 11.3 Å². The van der Waals surface area contributed by atoms with Gasteiger partial charge in [0, 0.05) is 11.5 Å². The van der Waals surface area contributed by atoms with E-state index in [4.69, 9.17) is 0 Å².